The zero-order valence-electron chi connectivity index (χ0n) is 41.5. The number of carboxylic acid groups (broad SMARTS) is 1. The van der Waals surface area contributed by atoms with Gasteiger partial charge in [-0.2, -0.15) is 0 Å². The number of carbonyl (C=O) groups is 5. The molecule has 1 aliphatic rings. The Kier molecular flexibility index (Phi) is 18.2. The summed E-state index contributed by atoms with van der Waals surface area (Å²) >= 11 is 0. The van der Waals surface area contributed by atoms with Crippen LogP contribution < -0.4 is 51.3 Å². The molecule has 19 nitrogen and oxygen atoms in total. The molecule has 20 heteroatoms. The van der Waals surface area contributed by atoms with Gasteiger partial charge in [0, 0.05) is 24.9 Å². The molecule has 0 radical (unpaired) electrons. The van der Waals surface area contributed by atoms with Crippen LogP contribution in [0.4, 0.5) is 0 Å². The van der Waals surface area contributed by atoms with Gasteiger partial charge in [-0.1, -0.05) is 24.3 Å². The summed E-state index contributed by atoms with van der Waals surface area (Å²) in [4.78, 5) is 65.0. The minimum Gasteiger partial charge on any atom is -0.488 e. The number of guanidine groups is 1. The summed E-state index contributed by atoms with van der Waals surface area (Å²) in [5.74, 6) is -2.94. The van der Waals surface area contributed by atoms with Gasteiger partial charge in [0.15, 0.2) is 0 Å². The molecule has 0 saturated carbocycles. The Bertz CT molecular complexity index is 2480. The van der Waals surface area contributed by atoms with Gasteiger partial charge in [0.05, 0.1) is 17.5 Å². The van der Waals surface area contributed by atoms with Crippen molar-refractivity contribution in [3.63, 3.8) is 0 Å². The Labute approximate surface area is 405 Å². The minimum absolute atomic E-state index is 0.0306. The second-order valence-electron chi connectivity index (χ2n) is 19.8. The van der Waals surface area contributed by atoms with Crippen molar-refractivity contribution in [2.45, 2.75) is 148 Å². The van der Waals surface area contributed by atoms with Crippen LogP contribution in [0.1, 0.15) is 102 Å². The van der Waals surface area contributed by atoms with Gasteiger partial charge < -0.3 is 51.6 Å². The first-order chi connectivity index (χ1) is 31.9. The monoisotopic (exact) mass is 978 g/mol. The van der Waals surface area contributed by atoms with Crippen molar-refractivity contribution in [3.8, 4) is 17.2 Å². The smallest absolute Gasteiger partial charge is 0.322 e. The molecule has 3 aromatic rings. The van der Waals surface area contributed by atoms with E-state index in [0.29, 0.717) is 45.9 Å². The standard InChI is InChI=1S/C49H70N8O11S/c1-28-29(2)42(30(3)35-25-49(10,11)68-41(28)35)69(64,65)57-46(51)52-22-12-13-37(44(62)54-26-39(58)53-27-40(59)60)55-45(63)38(24-32-16-20-34(21-17-32)67-48(7,8)9)56-43(61)36(50)23-31-14-18-33(19-15-31)66-47(4,5)6/h14-21,36-38H,12-13,22-27,50H2,1-11H3,(H,53,58)(H,54,62)(H,55,63)(H,56,61)(H,59,60)(H3,51,52,57)/t36-,37-,38-/m0/s1. The number of hydrogen-bond acceptors (Lipinski definition) is 12. The van der Waals surface area contributed by atoms with Crippen LogP contribution in [0, 0.1) is 26.2 Å². The van der Waals surface area contributed by atoms with Gasteiger partial charge in [0.1, 0.15) is 52.7 Å². The summed E-state index contributed by atoms with van der Waals surface area (Å²) in [7, 11) is -4.24. The number of fused-ring (bicyclic) bond motifs is 1. The van der Waals surface area contributed by atoms with Gasteiger partial charge in [-0.25, -0.2) is 13.1 Å². The van der Waals surface area contributed by atoms with Crippen molar-refractivity contribution in [2.75, 3.05) is 19.6 Å². The normalized spacial score (nSPS) is 14.4. The number of carboxylic acids is 1. The quantitative estimate of drug-likeness (QED) is 0.0421. The second-order valence-corrected chi connectivity index (χ2v) is 21.5. The molecule has 10 N–H and O–H groups in total. The topological polar surface area (TPSA) is 289 Å². The van der Waals surface area contributed by atoms with E-state index in [0.717, 1.165) is 11.1 Å². The minimum atomic E-state index is -4.24. The highest BCUT2D eigenvalue weighted by Crippen LogP contribution is 2.43. The summed E-state index contributed by atoms with van der Waals surface area (Å²) in [6, 6.07) is 10.4. The molecule has 3 atom stereocenters. The molecule has 0 unspecified atom stereocenters. The summed E-state index contributed by atoms with van der Waals surface area (Å²) in [5, 5.41) is 30.2. The van der Waals surface area contributed by atoms with Crippen LogP contribution >= 0.6 is 0 Å². The molecule has 3 aromatic carbocycles. The predicted molar refractivity (Wildman–Crippen MR) is 261 cm³/mol. The first-order valence-electron chi connectivity index (χ1n) is 22.8. The lowest BCUT2D eigenvalue weighted by molar-refractivity contribution is -0.138. The third-order valence-electron chi connectivity index (χ3n) is 10.8. The van der Waals surface area contributed by atoms with E-state index in [2.05, 4.69) is 31.3 Å². The predicted octanol–water partition coefficient (Wildman–Crippen LogP) is 3.36. The van der Waals surface area contributed by atoms with Crippen molar-refractivity contribution >= 4 is 45.6 Å². The fraction of sp³-hybridized carbons (Fsp3) is 0.510. The van der Waals surface area contributed by atoms with Gasteiger partial charge in [0.2, 0.25) is 29.6 Å². The fourth-order valence-corrected chi connectivity index (χ4v) is 9.15. The number of nitrogens with two attached hydrogens (primary N) is 1. The van der Waals surface area contributed by atoms with E-state index >= 15 is 0 Å². The van der Waals surface area contributed by atoms with E-state index in [1.807, 2.05) is 55.4 Å². The van der Waals surface area contributed by atoms with E-state index in [1.54, 1.807) is 69.3 Å². The Balaban J connectivity index is 1.51. The summed E-state index contributed by atoms with van der Waals surface area (Å²) in [6.07, 6.45) is 0.606. The third-order valence-corrected chi connectivity index (χ3v) is 12.4. The van der Waals surface area contributed by atoms with E-state index in [-0.39, 0.29) is 37.1 Å². The maximum absolute atomic E-state index is 14.3. The van der Waals surface area contributed by atoms with Gasteiger partial charge in [-0.05, 0) is 148 Å². The van der Waals surface area contributed by atoms with Crippen molar-refractivity contribution in [3.05, 3.63) is 81.9 Å². The molecule has 0 fully saturated rings. The lowest BCUT2D eigenvalue weighted by Gasteiger charge is -2.25. The van der Waals surface area contributed by atoms with Gasteiger partial charge in [0.25, 0.3) is 10.0 Å². The number of hydrogen-bond donors (Lipinski definition) is 9. The maximum Gasteiger partial charge on any atom is 0.322 e. The number of rotatable bonds is 21. The van der Waals surface area contributed by atoms with Crippen molar-refractivity contribution < 1.29 is 51.7 Å². The van der Waals surface area contributed by atoms with Gasteiger partial charge in [-0.3, -0.25) is 29.4 Å². The molecule has 0 aromatic heterocycles. The summed E-state index contributed by atoms with van der Waals surface area (Å²) < 4.78 is 47.8. The lowest BCUT2D eigenvalue weighted by atomic mass is 9.94. The van der Waals surface area contributed by atoms with Gasteiger partial charge in [-0.15, -0.1) is 0 Å². The van der Waals surface area contributed by atoms with Crippen LogP contribution in [0.3, 0.4) is 0 Å². The SMILES string of the molecule is Cc1c(C)c(S(=O)(=O)NC(=N)NCCC[C@H](NC(=O)[C@H](Cc2ccc(OC(C)(C)C)cc2)NC(=O)[C@@H](N)Cc2ccc(OC(C)(C)C)cc2)C(=O)NCC(=O)NCC(=O)O)c(C)c2c1OC(C)(C)C2. The number of ether oxygens (including phenoxy) is 3. The van der Waals surface area contributed by atoms with Crippen LogP contribution in [0.5, 0.6) is 17.2 Å². The molecular weight excluding hydrogens is 909 g/mol. The van der Waals surface area contributed by atoms with Crippen molar-refractivity contribution in [1.29, 1.82) is 5.41 Å². The van der Waals surface area contributed by atoms with Crippen molar-refractivity contribution in [1.82, 2.24) is 31.3 Å². The van der Waals surface area contributed by atoms with Crippen LogP contribution in [-0.2, 0) is 53.3 Å². The molecule has 69 heavy (non-hydrogen) atoms. The molecule has 0 spiro atoms. The molecular formula is C49H70N8O11S. The van der Waals surface area contributed by atoms with Crippen LogP contribution in [0.25, 0.3) is 0 Å². The number of carbonyl (C=O) groups excluding carboxylic acids is 4. The van der Waals surface area contributed by atoms with E-state index in [1.165, 1.54) is 0 Å². The number of benzene rings is 3. The average Bonchev–Trinajstić information content (AvgIpc) is 3.57. The Morgan fingerprint density at radius 2 is 1.29 bits per heavy atom. The second kappa shape index (κ2) is 22.8. The Morgan fingerprint density at radius 3 is 1.83 bits per heavy atom. The Morgan fingerprint density at radius 1 is 0.754 bits per heavy atom. The molecule has 0 saturated heterocycles. The Hall–Kier alpha value is -6.41. The molecule has 1 aliphatic heterocycles. The van der Waals surface area contributed by atoms with E-state index in [4.69, 9.17) is 30.5 Å². The lowest BCUT2D eigenvalue weighted by Crippen LogP contribution is -2.57. The van der Waals surface area contributed by atoms with Crippen LogP contribution in [-0.4, -0.2) is 104 Å². The maximum atomic E-state index is 14.3. The zero-order chi connectivity index (χ0) is 51.6. The zero-order valence-corrected chi connectivity index (χ0v) is 42.3. The van der Waals surface area contributed by atoms with E-state index in [9.17, 15) is 32.4 Å². The molecule has 4 rings (SSSR count). The first-order valence-corrected chi connectivity index (χ1v) is 24.3. The molecule has 4 amide bonds. The molecule has 378 valence electrons. The van der Waals surface area contributed by atoms with Crippen LogP contribution in [0.2, 0.25) is 0 Å². The molecule has 1 heterocycles. The van der Waals surface area contributed by atoms with Gasteiger partial charge >= 0.3 is 5.97 Å². The van der Waals surface area contributed by atoms with E-state index < -0.39 is 93.6 Å². The highest BCUT2D eigenvalue weighted by Gasteiger charge is 2.37. The summed E-state index contributed by atoms with van der Waals surface area (Å²) in [5.41, 5.74) is 8.88. The number of sulfonamides is 1. The van der Waals surface area contributed by atoms with Crippen molar-refractivity contribution in [2.24, 2.45) is 5.73 Å². The first kappa shape index (κ1) is 55.2. The summed E-state index contributed by atoms with van der Waals surface area (Å²) in [6.45, 7) is 19.2. The highest BCUT2D eigenvalue weighted by molar-refractivity contribution is 7.90. The largest absolute Gasteiger partial charge is 0.488 e. The average molecular weight is 979 g/mol. The molecule has 0 aliphatic carbocycles. The van der Waals surface area contributed by atoms with Crippen LogP contribution in [0.15, 0.2) is 53.4 Å². The third kappa shape index (κ3) is 17.0. The number of aliphatic carboxylic acids is 1. The fourth-order valence-electron chi connectivity index (χ4n) is 7.62. The highest BCUT2D eigenvalue weighted by atomic mass is 32.2. The molecule has 0 bridgehead atoms. The number of amides is 4. The number of nitrogens with one attached hydrogen (secondary N) is 7.